The van der Waals surface area contributed by atoms with Crippen LogP contribution in [0.25, 0.3) is 0 Å². The largest absolute Gasteiger partial charge is 0.508 e. The summed E-state index contributed by atoms with van der Waals surface area (Å²) in [6.45, 7) is 5.11. The summed E-state index contributed by atoms with van der Waals surface area (Å²) in [6, 6.07) is 60.5. The van der Waals surface area contributed by atoms with Gasteiger partial charge in [-0.05, 0) is 147 Å². The maximum atomic E-state index is 12.1. The van der Waals surface area contributed by atoms with Crippen molar-refractivity contribution in [1.29, 1.82) is 0 Å². The first kappa shape index (κ1) is 86.7. The summed E-state index contributed by atoms with van der Waals surface area (Å²) in [5.41, 5.74) is 3.86. The highest BCUT2D eigenvalue weighted by molar-refractivity contribution is 9.11. The molecule has 6 N–H and O–H groups in total. The third kappa shape index (κ3) is 38.9. The van der Waals surface area contributed by atoms with Crippen molar-refractivity contribution in [2.24, 2.45) is 0 Å². The molecule has 29 heteroatoms. The van der Waals surface area contributed by atoms with Gasteiger partial charge in [0.1, 0.15) is 77.7 Å². The molecule has 10 rings (SSSR count). The Hall–Kier alpha value is -7.48. The van der Waals surface area contributed by atoms with Crippen molar-refractivity contribution in [2.75, 3.05) is 36.2 Å². The lowest BCUT2D eigenvalue weighted by Crippen LogP contribution is -2.17. The fraction of sp³-hybridized carbons (Fsp3) is 0.197. The predicted molar refractivity (Wildman–Crippen MR) is 416 cm³/mol. The Labute approximate surface area is 647 Å². The SMILES string of the molecule is C.CCOC(=O)CC(=O)CBr.CCOC(=O)CC(=O)COc1ccc(Br)cc1.O=C(CBr)c1ccccc1.O=C(CSc1cc(COc2ccc(Br)cc2)[nH]n1)c1ccccc1.O=c1cc(COc2ccc(Br)cc2)[nH][nH]1.Oc1ccc(Br)cc1.S=c1cc(COc2ccc(Br)cc2)[nH][nH]1. The number of phenolic OH excluding ortho intramolecular Hbond substituents is 1. The van der Waals surface area contributed by atoms with Crippen molar-refractivity contribution < 1.29 is 62.3 Å². The normalized spacial score (nSPS) is 9.81. The van der Waals surface area contributed by atoms with Gasteiger partial charge in [-0.15, -0.1) is 0 Å². The van der Waals surface area contributed by atoms with Crippen LogP contribution in [0.5, 0.6) is 28.7 Å². The molecule has 20 nitrogen and oxygen atoms in total. The van der Waals surface area contributed by atoms with Gasteiger partial charge in [0, 0.05) is 39.6 Å². The average molecular weight is 1860 g/mol. The van der Waals surface area contributed by atoms with Crippen LogP contribution in [0.3, 0.4) is 0 Å². The number of aromatic nitrogens is 6. The molecule has 100 heavy (non-hydrogen) atoms. The summed E-state index contributed by atoms with van der Waals surface area (Å²) in [4.78, 5) is 77.3. The molecule has 0 fully saturated rings. The Morgan fingerprint density at radius 3 is 1.24 bits per heavy atom. The Balaban J connectivity index is 0.000000311. The van der Waals surface area contributed by atoms with Gasteiger partial charge in [0.15, 0.2) is 23.1 Å². The number of carbonyl (C=O) groups excluding carboxylic acids is 6. The lowest BCUT2D eigenvalue weighted by Gasteiger charge is -2.05. The van der Waals surface area contributed by atoms with Gasteiger partial charge in [-0.1, -0.05) is 204 Å². The van der Waals surface area contributed by atoms with E-state index < -0.39 is 11.9 Å². The monoisotopic (exact) mass is 1850 g/mol. The molecule has 0 aliphatic rings. The Bertz CT molecular complexity index is 4000. The number of nitrogens with one attached hydrogen (secondary N) is 5. The minimum Gasteiger partial charge on any atom is -0.508 e. The highest BCUT2D eigenvalue weighted by atomic mass is 79.9. The number of hydrogen-bond donors (Lipinski definition) is 6. The van der Waals surface area contributed by atoms with Crippen LogP contribution in [0.2, 0.25) is 0 Å². The minimum absolute atomic E-state index is 0. The number of benzene rings is 7. The van der Waals surface area contributed by atoms with E-state index in [4.69, 9.17) is 36.3 Å². The number of alkyl halides is 2. The first-order chi connectivity index (χ1) is 47.6. The number of halogens is 7. The van der Waals surface area contributed by atoms with E-state index in [1.807, 2.05) is 158 Å². The van der Waals surface area contributed by atoms with Gasteiger partial charge in [0.25, 0.3) is 5.56 Å². The summed E-state index contributed by atoms with van der Waals surface area (Å²) in [5, 5.41) is 28.2. The molecular formula is C71H71Br7N6O14S2. The Morgan fingerprint density at radius 1 is 0.470 bits per heavy atom. The lowest BCUT2D eigenvalue weighted by atomic mass is 10.2. The molecule has 3 aromatic heterocycles. The average Bonchev–Trinajstić information content (AvgIpc) is 1.83. The molecule has 0 unspecified atom stereocenters. The Kier molecular flexibility index (Phi) is 44.0. The van der Waals surface area contributed by atoms with E-state index in [1.54, 1.807) is 50.2 Å². The number of carbonyl (C=O) groups is 6. The van der Waals surface area contributed by atoms with Crippen molar-refractivity contribution in [3.63, 3.8) is 0 Å². The number of ketones is 4. The highest BCUT2D eigenvalue weighted by Gasteiger charge is 2.12. The quantitative estimate of drug-likeness (QED) is 0.00774. The zero-order valence-electron chi connectivity index (χ0n) is 53.0. The van der Waals surface area contributed by atoms with E-state index in [1.165, 1.54) is 17.8 Å². The van der Waals surface area contributed by atoms with E-state index in [9.17, 15) is 33.6 Å². The lowest BCUT2D eigenvalue weighted by molar-refractivity contribution is -0.147. The molecule has 530 valence electrons. The Morgan fingerprint density at radius 2 is 0.860 bits per heavy atom. The summed E-state index contributed by atoms with van der Waals surface area (Å²) in [6.07, 6.45) is -0.372. The van der Waals surface area contributed by atoms with Crippen molar-refractivity contribution in [1.82, 2.24) is 30.6 Å². The van der Waals surface area contributed by atoms with Gasteiger partial charge in [-0.2, -0.15) is 5.10 Å². The molecule has 0 saturated carbocycles. The summed E-state index contributed by atoms with van der Waals surface area (Å²) < 4.78 is 36.7. The number of hydrogen-bond acceptors (Lipinski definition) is 17. The number of rotatable bonds is 25. The number of phenols is 1. The highest BCUT2D eigenvalue weighted by Crippen LogP contribution is 2.23. The van der Waals surface area contributed by atoms with Crippen LogP contribution in [0.1, 0.15) is 71.9 Å². The zero-order chi connectivity index (χ0) is 72.2. The van der Waals surface area contributed by atoms with E-state index in [2.05, 4.69) is 152 Å². The zero-order valence-corrected chi connectivity index (χ0v) is 65.7. The van der Waals surface area contributed by atoms with Crippen molar-refractivity contribution in [3.8, 4) is 28.7 Å². The van der Waals surface area contributed by atoms with Crippen LogP contribution in [0, 0.1) is 4.64 Å². The molecule has 10 aromatic rings. The molecule has 0 atom stereocenters. The molecule has 0 spiro atoms. The van der Waals surface area contributed by atoms with Crippen LogP contribution in [0.4, 0.5) is 0 Å². The predicted octanol–water partition coefficient (Wildman–Crippen LogP) is 18.5. The van der Waals surface area contributed by atoms with E-state index in [0.717, 1.165) is 72.8 Å². The number of nitrogens with zero attached hydrogens (tertiary/aromatic N) is 1. The maximum absolute atomic E-state index is 12.1. The summed E-state index contributed by atoms with van der Waals surface area (Å²) in [7, 11) is 0. The van der Waals surface area contributed by atoms with E-state index >= 15 is 0 Å². The van der Waals surface area contributed by atoms with Gasteiger partial charge >= 0.3 is 11.9 Å². The van der Waals surface area contributed by atoms with Crippen LogP contribution >= 0.6 is 135 Å². The van der Waals surface area contributed by atoms with Gasteiger partial charge in [0.2, 0.25) is 0 Å². The minimum atomic E-state index is -0.517. The van der Waals surface area contributed by atoms with E-state index in [-0.39, 0.29) is 67.5 Å². The standard InChI is InChI=1S/C18H15BrN2O2S.C12H13BrO4.C10H9BrN2O2.C10H9BrN2OS.C8H7BrO.C6H9BrO3.C6H5BrO.CH4/c19-14-6-8-16(9-7-14)23-11-15-10-18(21-20-15)24-12-17(22)13-4-2-1-3-5-13;1-2-16-12(15)7-10(14)8-17-11-5-3-9(13)4-6-11;11-7-1-3-9(4-2-7)15-6-8-5-10(14)13-12-8;11-7-1-3-9(4-2-7)14-6-8-5-10(15)13-12-8;9-6-8(10)7-4-2-1-3-5-7;1-2-10-6(9)3-5(8)4-7;7-5-1-3-6(8)4-2-5;/h1-10H,11-12H2,(H,20,21);3-6H,2,7-8H2,1H3;1-5H,6H2,(H2,12,13,14);1-5H,6H2,(H2,12,13,15);1-5H,6H2;2-4H2,1H3;1-4,8H;1H4. The maximum Gasteiger partial charge on any atom is 0.313 e. The summed E-state index contributed by atoms with van der Waals surface area (Å²) in [5.74, 6) is 2.44. The molecule has 0 bridgehead atoms. The van der Waals surface area contributed by atoms with E-state index in [0.29, 0.717) is 53.7 Å². The third-order valence-corrected chi connectivity index (χ3v) is 16.6. The summed E-state index contributed by atoms with van der Waals surface area (Å²) >= 11 is 29.0. The fourth-order valence-corrected chi connectivity index (χ4v) is 9.81. The second-order valence-electron chi connectivity index (χ2n) is 19.4. The molecule has 0 aliphatic heterocycles. The number of esters is 2. The molecule has 0 radical (unpaired) electrons. The van der Waals surface area contributed by atoms with Crippen molar-refractivity contribution in [2.45, 2.75) is 59.0 Å². The third-order valence-electron chi connectivity index (χ3n) is 11.7. The molecular weight excluding hydrogens is 1780 g/mol. The molecule has 3 heterocycles. The van der Waals surface area contributed by atoms with Crippen LogP contribution < -0.4 is 24.5 Å². The molecule has 7 aromatic carbocycles. The number of thioether (sulfide) groups is 1. The smallest absolute Gasteiger partial charge is 0.313 e. The molecule has 0 amide bonds. The van der Waals surface area contributed by atoms with Gasteiger partial charge in [-0.3, -0.25) is 54.0 Å². The second-order valence-corrected chi connectivity index (χ2v) is 26.6. The number of Topliss-reactive ketones (excluding diaryl/α,β-unsaturated/α-hetero) is 4. The fourth-order valence-electron chi connectivity index (χ4n) is 6.99. The molecule has 0 saturated heterocycles. The topological polar surface area (TPSA) is 287 Å². The van der Waals surface area contributed by atoms with Crippen LogP contribution in [-0.4, -0.2) is 107 Å². The molecule has 0 aliphatic carbocycles. The van der Waals surface area contributed by atoms with Gasteiger partial charge in [-0.25, -0.2) is 0 Å². The van der Waals surface area contributed by atoms with Gasteiger partial charge < -0.3 is 38.6 Å². The van der Waals surface area contributed by atoms with Crippen molar-refractivity contribution >= 4 is 171 Å². The first-order valence-electron chi connectivity index (χ1n) is 29.4. The number of H-pyrrole nitrogens is 5. The number of ether oxygens (including phenoxy) is 6. The number of aromatic amines is 5. The van der Waals surface area contributed by atoms with Crippen LogP contribution in [0.15, 0.2) is 232 Å². The van der Waals surface area contributed by atoms with Crippen LogP contribution in [-0.2, 0) is 48.5 Å². The second kappa shape index (κ2) is 50.8. The van der Waals surface area contributed by atoms with Gasteiger partial charge in [0.05, 0.1) is 46.7 Å². The first-order valence-corrected chi connectivity index (χ1v) is 37.0. The van der Waals surface area contributed by atoms with Crippen molar-refractivity contribution in [3.05, 3.63) is 266 Å². The number of aromatic hydroxyl groups is 1.